The summed E-state index contributed by atoms with van der Waals surface area (Å²) in [6.45, 7) is 2.61. The molecule has 0 saturated heterocycles. The zero-order chi connectivity index (χ0) is 30.4. The summed E-state index contributed by atoms with van der Waals surface area (Å²) in [5.74, 6) is -0.207. The van der Waals surface area contributed by atoms with Gasteiger partial charge in [-0.3, -0.25) is 14.3 Å². The Hall–Kier alpha value is -4.06. The number of methoxy groups -OCH3 is 1. The summed E-state index contributed by atoms with van der Waals surface area (Å²) in [5, 5.41) is 8.14. The maximum Gasteiger partial charge on any atom is 0.265 e. The number of halogens is 1. The van der Waals surface area contributed by atoms with E-state index in [1.165, 1.54) is 23.3 Å². The third kappa shape index (κ3) is 7.22. The van der Waals surface area contributed by atoms with Gasteiger partial charge in [0.15, 0.2) is 0 Å². The third-order valence-electron chi connectivity index (χ3n) is 6.30. The van der Waals surface area contributed by atoms with Gasteiger partial charge in [-0.15, -0.1) is 11.3 Å². The second-order valence-corrected chi connectivity index (χ2v) is 12.5. The van der Waals surface area contributed by atoms with Crippen molar-refractivity contribution >= 4 is 56.2 Å². The number of carbonyl (C=O) groups excluding carboxylic acids is 2. The van der Waals surface area contributed by atoms with E-state index in [0.29, 0.717) is 51.1 Å². The molecule has 1 aromatic heterocycles. The van der Waals surface area contributed by atoms with Crippen LogP contribution in [0.15, 0.2) is 77.0 Å². The van der Waals surface area contributed by atoms with Gasteiger partial charge in [0, 0.05) is 38.4 Å². The minimum absolute atomic E-state index is 0.0387. The Morgan fingerprint density at radius 1 is 0.976 bits per heavy atom. The van der Waals surface area contributed by atoms with Crippen molar-refractivity contribution in [2.45, 2.75) is 11.8 Å². The smallest absolute Gasteiger partial charge is 0.265 e. The summed E-state index contributed by atoms with van der Waals surface area (Å²) in [4.78, 5) is 26.6. The number of nitrogens with one attached hydrogen (secondary N) is 3. The normalized spacial score (nSPS) is 11.1. The zero-order valence-corrected chi connectivity index (χ0v) is 25.9. The lowest BCUT2D eigenvalue weighted by atomic mass is 9.98. The Labute approximate surface area is 254 Å². The molecule has 1 heterocycles. The van der Waals surface area contributed by atoms with E-state index in [4.69, 9.17) is 16.3 Å². The number of hydrogen-bond acceptors (Lipinski definition) is 7. The molecule has 2 amide bonds. The number of carbonyl (C=O) groups is 2. The lowest BCUT2D eigenvalue weighted by Crippen LogP contribution is -2.28. The van der Waals surface area contributed by atoms with E-state index in [-0.39, 0.29) is 22.5 Å². The minimum atomic E-state index is -4.07. The minimum Gasteiger partial charge on any atom is -0.495 e. The van der Waals surface area contributed by atoms with Crippen molar-refractivity contribution in [3.8, 4) is 16.9 Å². The van der Waals surface area contributed by atoms with E-state index in [9.17, 15) is 18.0 Å². The number of sulfonamides is 1. The van der Waals surface area contributed by atoms with Crippen molar-refractivity contribution in [1.29, 1.82) is 0 Å². The summed E-state index contributed by atoms with van der Waals surface area (Å²) >= 11 is 7.28. The molecule has 0 fully saturated rings. The summed E-state index contributed by atoms with van der Waals surface area (Å²) in [6, 6.07) is 18.8. The van der Waals surface area contributed by atoms with Crippen LogP contribution >= 0.6 is 22.9 Å². The van der Waals surface area contributed by atoms with Gasteiger partial charge < -0.3 is 20.3 Å². The molecule has 4 aromatic rings. The summed E-state index contributed by atoms with van der Waals surface area (Å²) in [5.41, 5.74) is 3.66. The standard InChI is InChI=1S/C30H31ClN4O5S2/c1-19-15-26(40-4)27(18-24(19)20-7-5-8-21(16-20)30(37)35(2)3)42(38,39)34-23-10-6-9-22(17-23)32-12-13-33-29(36)28-25(31)11-14-41-28/h5-11,14-18,32,34H,12-13H2,1-4H3,(H,33,36). The second-order valence-electron chi connectivity index (χ2n) is 9.57. The zero-order valence-electron chi connectivity index (χ0n) is 23.5. The van der Waals surface area contributed by atoms with Gasteiger partial charge in [-0.05, 0) is 77.5 Å². The van der Waals surface area contributed by atoms with Crippen LogP contribution in [0.5, 0.6) is 5.75 Å². The molecule has 0 aliphatic rings. The highest BCUT2D eigenvalue weighted by atomic mass is 35.5. The average molecular weight is 627 g/mol. The number of amides is 2. The molecule has 42 heavy (non-hydrogen) atoms. The molecule has 3 aromatic carbocycles. The van der Waals surface area contributed by atoms with Crippen molar-refractivity contribution in [1.82, 2.24) is 10.2 Å². The molecule has 0 aliphatic carbocycles. The highest BCUT2D eigenvalue weighted by molar-refractivity contribution is 7.92. The SMILES string of the molecule is COc1cc(C)c(-c2cccc(C(=O)N(C)C)c2)cc1S(=O)(=O)Nc1cccc(NCCNC(=O)c2sccc2Cl)c1. The van der Waals surface area contributed by atoms with Gasteiger partial charge in [0.25, 0.3) is 21.8 Å². The van der Waals surface area contributed by atoms with E-state index in [0.717, 1.165) is 5.56 Å². The first-order valence-electron chi connectivity index (χ1n) is 12.9. The van der Waals surface area contributed by atoms with E-state index in [1.807, 2.05) is 13.0 Å². The quantitative estimate of drug-likeness (QED) is 0.183. The van der Waals surface area contributed by atoms with Crippen LogP contribution in [0.3, 0.4) is 0 Å². The number of rotatable bonds is 11. The van der Waals surface area contributed by atoms with Crippen LogP contribution in [0.25, 0.3) is 11.1 Å². The fourth-order valence-corrected chi connectivity index (χ4v) is 6.53. The molecular weight excluding hydrogens is 596 g/mol. The summed E-state index contributed by atoms with van der Waals surface area (Å²) in [7, 11) is 0.696. The number of hydrogen-bond donors (Lipinski definition) is 3. The molecule has 12 heteroatoms. The molecule has 0 atom stereocenters. The topological polar surface area (TPSA) is 117 Å². The number of ether oxygens (including phenoxy) is 1. The Balaban J connectivity index is 1.51. The van der Waals surface area contributed by atoms with Crippen LogP contribution in [-0.4, -0.2) is 59.4 Å². The number of thiophene rings is 1. The molecule has 0 saturated carbocycles. The van der Waals surface area contributed by atoms with E-state index < -0.39 is 10.0 Å². The van der Waals surface area contributed by atoms with Gasteiger partial charge in [0.2, 0.25) is 0 Å². The van der Waals surface area contributed by atoms with E-state index in [2.05, 4.69) is 15.4 Å². The summed E-state index contributed by atoms with van der Waals surface area (Å²) in [6.07, 6.45) is 0. The van der Waals surface area contributed by atoms with Crippen molar-refractivity contribution in [3.05, 3.63) is 93.1 Å². The highest BCUT2D eigenvalue weighted by Gasteiger charge is 2.23. The van der Waals surface area contributed by atoms with Gasteiger partial charge in [0.05, 0.1) is 17.8 Å². The van der Waals surface area contributed by atoms with Crippen LogP contribution in [0.4, 0.5) is 11.4 Å². The number of benzene rings is 3. The molecule has 0 aliphatic heterocycles. The monoisotopic (exact) mass is 626 g/mol. The van der Waals surface area contributed by atoms with Crippen LogP contribution in [0, 0.1) is 6.92 Å². The van der Waals surface area contributed by atoms with E-state index >= 15 is 0 Å². The van der Waals surface area contributed by atoms with Crippen LogP contribution in [-0.2, 0) is 10.0 Å². The van der Waals surface area contributed by atoms with Crippen molar-refractivity contribution in [2.75, 3.05) is 44.3 Å². The first-order valence-corrected chi connectivity index (χ1v) is 15.6. The van der Waals surface area contributed by atoms with Crippen LogP contribution < -0.4 is 20.1 Å². The third-order valence-corrected chi connectivity index (χ3v) is 9.05. The fraction of sp³-hybridized carbons (Fsp3) is 0.200. The van der Waals surface area contributed by atoms with Gasteiger partial charge in [0.1, 0.15) is 15.5 Å². The summed E-state index contributed by atoms with van der Waals surface area (Å²) < 4.78 is 35.3. The maximum absolute atomic E-state index is 13.6. The van der Waals surface area contributed by atoms with Crippen LogP contribution in [0.2, 0.25) is 5.02 Å². The van der Waals surface area contributed by atoms with Crippen LogP contribution in [0.1, 0.15) is 25.6 Å². The average Bonchev–Trinajstić information content (AvgIpc) is 3.40. The fourth-order valence-electron chi connectivity index (χ4n) is 4.24. The Bertz CT molecular complexity index is 1720. The first-order chi connectivity index (χ1) is 20.0. The van der Waals surface area contributed by atoms with Gasteiger partial charge >= 0.3 is 0 Å². The lowest BCUT2D eigenvalue weighted by Gasteiger charge is -2.17. The molecule has 0 spiro atoms. The van der Waals surface area contributed by atoms with Crippen molar-refractivity contribution in [2.24, 2.45) is 0 Å². The second kappa shape index (κ2) is 13.3. The molecule has 0 bridgehead atoms. The molecule has 4 rings (SSSR count). The number of anilines is 2. The Kier molecular flexibility index (Phi) is 9.77. The van der Waals surface area contributed by atoms with Gasteiger partial charge in [-0.2, -0.15) is 0 Å². The molecule has 0 radical (unpaired) electrons. The molecular formula is C30H31ClN4O5S2. The molecule has 3 N–H and O–H groups in total. The maximum atomic E-state index is 13.6. The molecule has 0 unspecified atom stereocenters. The largest absolute Gasteiger partial charge is 0.495 e. The Morgan fingerprint density at radius 2 is 1.71 bits per heavy atom. The number of aryl methyl sites for hydroxylation is 1. The predicted octanol–water partition coefficient (Wildman–Crippen LogP) is 5.73. The highest BCUT2D eigenvalue weighted by Crippen LogP contribution is 2.35. The molecule has 220 valence electrons. The van der Waals surface area contributed by atoms with Crippen molar-refractivity contribution in [3.63, 3.8) is 0 Å². The Morgan fingerprint density at radius 3 is 2.40 bits per heavy atom. The first kappa shape index (κ1) is 30.9. The lowest BCUT2D eigenvalue weighted by molar-refractivity contribution is 0.0827. The van der Waals surface area contributed by atoms with E-state index in [1.54, 1.807) is 80.1 Å². The number of nitrogens with zero attached hydrogens (tertiary/aromatic N) is 1. The van der Waals surface area contributed by atoms with Gasteiger partial charge in [-0.1, -0.05) is 29.8 Å². The molecule has 9 nitrogen and oxygen atoms in total. The van der Waals surface area contributed by atoms with Crippen molar-refractivity contribution < 1.29 is 22.7 Å². The van der Waals surface area contributed by atoms with Gasteiger partial charge in [-0.25, -0.2) is 8.42 Å². The predicted molar refractivity (Wildman–Crippen MR) is 169 cm³/mol.